The van der Waals surface area contributed by atoms with E-state index in [9.17, 15) is 9.59 Å². The maximum Gasteiger partial charge on any atom is 0.498 e. The number of benzene rings is 1. The molecule has 1 aromatic carbocycles. The third-order valence-electron chi connectivity index (χ3n) is 8.05. The average molecular weight is 585 g/mol. The van der Waals surface area contributed by atoms with Crippen LogP contribution >= 0.6 is 0 Å². The van der Waals surface area contributed by atoms with Gasteiger partial charge in [0.15, 0.2) is 0 Å². The van der Waals surface area contributed by atoms with Crippen LogP contribution in [0.5, 0.6) is 0 Å². The summed E-state index contributed by atoms with van der Waals surface area (Å²) in [6.07, 6.45) is 4.82. The minimum Gasteiger partial charge on any atom is -0.399 e. The molecule has 0 unspecified atom stereocenters. The van der Waals surface area contributed by atoms with E-state index >= 15 is 4.39 Å². The number of methoxy groups -OCH3 is 1. The Labute approximate surface area is 252 Å². The van der Waals surface area contributed by atoms with Crippen LogP contribution in [0.15, 0.2) is 47.6 Å². The number of ether oxygens (including phenoxy) is 1. The molecule has 1 aliphatic heterocycles. The van der Waals surface area contributed by atoms with Gasteiger partial charge in [0.25, 0.3) is 11.8 Å². The quantitative estimate of drug-likeness (QED) is 0.149. The monoisotopic (exact) mass is 584 g/mol. The minimum absolute atomic E-state index is 0.100. The van der Waals surface area contributed by atoms with Crippen molar-refractivity contribution in [2.24, 2.45) is 5.41 Å². The van der Waals surface area contributed by atoms with E-state index in [1.807, 2.05) is 75.3 Å². The number of nitrogens with zero attached hydrogens (tertiary/aromatic N) is 1. The minimum atomic E-state index is -1.05. The fourth-order valence-corrected chi connectivity index (χ4v) is 4.86. The Bertz CT molecular complexity index is 1230. The van der Waals surface area contributed by atoms with Crippen LogP contribution in [0.25, 0.3) is 0 Å². The summed E-state index contributed by atoms with van der Waals surface area (Å²) in [5.74, 6) is -1.93. The molecule has 42 heavy (non-hydrogen) atoms. The highest BCUT2D eigenvalue weighted by Crippen LogP contribution is 2.37. The summed E-state index contributed by atoms with van der Waals surface area (Å²) in [5, 5.41) is 1.34. The first-order chi connectivity index (χ1) is 19.3. The van der Waals surface area contributed by atoms with Gasteiger partial charge < -0.3 is 14.0 Å². The van der Waals surface area contributed by atoms with E-state index in [-0.39, 0.29) is 17.6 Å². The number of hydrogen-bond acceptors (Lipinski definition) is 5. The summed E-state index contributed by atoms with van der Waals surface area (Å²) in [4.78, 5) is 27.9. The number of amides is 2. The molecule has 1 heterocycles. The number of nitrogens with one attached hydrogen (secondary N) is 1. The largest absolute Gasteiger partial charge is 0.498 e. The molecule has 232 valence electrons. The normalized spacial score (nSPS) is 17.7. The van der Waals surface area contributed by atoms with Gasteiger partial charge in [-0.15, -0.1) is 0 Å². The third-order valence-corrected chi connectivity index (χ3v) is 8.05. The maximum absolute atomic E-state index is 16.4. The Kier molecular flexibility index (Phi) is 11.6. The van der Waals surface area contributed by atoms with Crippen molar-refractivity contribution >= 4 is 24.4 Å². The summed E-state index contributed by atoms with van der Waals surface area (Å²) >= 11 is 0. The highest BCUT2D eigenvalue weighted by atomic mass is 19.1. The molecule has 0 saturated carbocycles. The third kappa shape index (κ3) is 8.00. The number of allylic oxidation sites excluding steroid dienone is 3. The van der Waals surface area contributed by atoms with Crippen LogP contribution in [0.1, 0.15) is 105 Å². The van der Waals surface area contributed by atoms with Crippen LogP contribution in [0.2, 0.25) is 0 Å². The van der Waals surface area contributed by atoms with Crippen molar-refractivity contribution in [3.05, 3.63) is 64.5 Å². The fourth-order valence-electron chi connectivity index (χ4n) is 4.86. The fraction of sp³-hybridized carbons (Fsp3) is 0.576. The molecule has 9 heteroatoms. The number of carbonyl (C=O) groups is 2. The lowest BCUT2D eigenvalue weighted by Crippen LogP contribution is -2.56. The Morgan fingerprint density at radius 3 is 2.14 bits per heavy atom. The highest BCUT2D eigenvalue weighted by molar-refractivity contribution is 6.63. The zero-order chi connectivity index (χ0) is 32.2. The van der Waals surface area contributed by atoms with Gasteiger partial charge in [0, 0.05) is 18.1 Å². The van der Waals surface area contributed by atoms with Gasteiger partial charge in [-0.2, -0.15) is 0 Å². The molecule has 7 nitrogen and oxygen atoms in total. The van der Waals surface area contributed by atoms with Gasteiger partial charge in [-0.3, -0.25) is 15.0 Å². The van der Waals surface area contributed by atoms with E-state index in [2.05, 4.69) is 12.0 Å². The van der Waals surface area contributed by atoms with Gasteiger partial charge in [-0.1, -0.05) is 64.5 Å². The van der Waals surface area contributed by atoms with Crippen LogP contribution in [-0.2, 0) is 25.4 Å². The van der Waals surface area contributed by atoms with E-state index in [0.29, 0.717) is 23.1 Å². The second-order valence-corrected chi connectivity index (χ2v) is 13.2. The van der Waals surface area contributed by atoms with Gasteiger partial charge in [0.1, 0.15) is 5.82 Å². The van der Waals surface area contributed by atoms with E-state index in [4.69, 9.17) is 14.0 Å². The number of halogens is 1. The Balaban J connectivity index is 2.65. The van der Waals surface area contributed by atoms with Crippen LogP contribution in [0, 0.1) is 11.2 Å². The predicted molar refractivity (Wildman–Crippen MR) is 168 cm³/mol. The molecule has 1 fully saturated rings. The summed E-state index contributed by atoms with van der Waals surface area (Å²) in [6.45, 7) is 25.3. The number of rotatable bonds is 10. The van der Waals surface area contributed by atoms with E-state index < -0.39 is 47.4 Å². The number of carbonyl (C=O) groups excluding carboxylic acids is 2. The van der Waals surface area contributed by atoms with Crippen molar-refractivity contribution in [2.45, 2.75) is 113 Å². The van der Waals surface area contributed by atoms with Crippen LogP contribution in [0.3, 0.4) is 0 Å². The van der Waals surface area contributed by atoms with Gasteiger partial charge in [0.2, 0.25) is 0 Å². The Morgan fingerprint density at radius 2 is 1.69 bits per heavy atom. The zero-order valence-corrected chi connectivity index (χ0v) is 27.7. The molecule has 0 aromatic heterocycles. The highest BCUT2D eigenvalue weighted by Gasteiger charge is 2.53. The van der Waals surface area contributed by atoms with Crippen molar-refractivity contribution in [1.29, 1.82) is 0 Å². The maximum atomic E-state index is 16.4. The molecule has 1 saturated heterocycles. The first kappa shape index (κ1) is 35.5. The molecule has 2 rings (SSSR count). The van der Waals surface area contributed by atoms with Gasteiger partial charge in [0.05, 0.1) is 29.4 Å². The van der Waals surface area contributed by atoms with Crippen molar-refractivity contribution in [3.8, 4) is 0 Å². The number of hydrogen-bond donors (Lipinski definition) is 1. The second kappa shape index (κ2) is 13.7. The van der Waals surface area contributed by atoms with Gasteiger partial charge >= 0.3 is 7.12 Å². The summed E-state index contributed by atoms with van der Waals surface area (Å²) in [5.41, 5.74) is 3.40. The molecule has 0 spiro atoms. The molecule has 0 aliphatic carbocycles. The van der Waals surface area contributed by atoms with Crippen molar-refractivity contribution < 1.29 is 28.0 Å². The second-order valence-electron chi connectivity index (χ2n) is 13.2. The van der Waals surface area contributed by atoms with E-state index in [0.717, 1.165) is 12.0 Å². The Morgan fingerprint density at radius 1 is 1.12 bits per heavy atom. The molecular formula is C33H50BFN2O5. The summed E-state index contributed by atoms with van der Waals surface area (Å²) in [7, 11) is 0.467. The van der Waals surface area contributed by atoms with Crippen molar-refractivity contribution in [3.63, 3.8) is 0 Å². The zero-order valence-electron chi connectivity index (χ0n) is 27.7. The Hall–Kier alpha value is -2.75. The lowest BCUT2D eigenvalue weighted by molar-refractivity contribution is -0.134. The SMILES string of the molecule is C=C(C)/C=C(\C=C(\C)CC)C(=O)N(NC(=O)c1ccc(COC)c(B2OC(C)(C)C(C)(C)O2)c1F)[C@H](CC)C(C)(C)C. The molecule has 0 bridgehead atoms. The van der Waals surface area contributed by atoms with Crippen molar-refractivity contribution in [2.75, 3.05) is 7.11 Å². The van der Waals surface area contributed by atoms with Crippen LogP contribution < -0.4 is 10.9 Å². The molecule has 1 aromatic rings. The van der Waals surface area contributed by atoms with Gasteiger partial charge in [-0.05, 0) is 77.5 Å². The molecule has 1 atom stereocenters. The molecular weight excluding hydrogens is 534 g/mol. The van der Waals surface area contributed by atoms with Crippen LogP contribution in [-0.4, -0.2) is 48.3 Å². The van der Waals surface area contributed by atoms with Crippen LogP contribution in [0.4, 0.5) is 4.39 Å². The molecule has 2 amide bonds. The van der Waals surface area contributed by atoms with E-state index in [1.54, 1.807) is 19.1 Å². The molecule has 1 N–H and O–H groups in total. The molecule has 1 aliphatic rings. The smallest absolute Gasteiger partial charge is 0.399 e. The first-order valence-electron chi connectivity index (χ1n) is 14.7. The number of hydrazine groups is 1. The lowest BCUT2D eigenvalue weighted by atomic mass is 9.74. The topological polar surface area (TPSA) is 77.1 Å². The average Bonchev–Trinajstić information content (AvgIpc) is 3.07. The first-order valence-corrected chi connectivity index (χ1v) is 14.7. The van der Waals surface area contributed by atoms with E-state index in [1.165, 1.54) is 18.2 Å². The van der Waals surface area contributed by atoms with Crippen molar-refractivity contribution in [1.82, 2.24) is 10.4 Å². The lowest BCUT2D eigenvalue weighted by Gasteiger charge is -2.39. The molecule has 0 radical (unpaired) electrons. The summed E-state index contributed by atoms with van der Waals surface area (Å²) in [6, 6.07) is 2.64. The van der Waals surface area contributed by atoms with Gasteiger partial charge in [-0.25, -0.2) is 9.40 Å². The standard InChI is InChI=1S/C33H50BFN2O5/c1-14-22(5)19-24(18-21(3)4)30(39)37(26(15-2)31(6,7)8)36-29(38)25-17-16-23(20-40-13)27(28(25)35)34-41-32(9,10)33(11,12)42-34/h16-19,26H,3,14-15,20H2,1-2,4-13H3,(H,36,38)/b22-19-,24-18+/t26-/m1/s1. The predicted octanol–water partition coefficient (Wildman–Crippen LogP) is 6.43. The summed E-state index contributed by atoms with van der Waals surface area (Å²) < 4.78 is 34.0.